The van der Waals surface area contributed by atoms with Crippen molar-refractivity contribution in [2.45, 2.75) is 31.4 Å². The van der Waals surface area contributed by atoms with Gasteiger partial charge in [-0.25, -0.2) is 0 Å². The first-order valence-corrected chi connectivity index (χ1v) is 6.42. The molecule has 2 aliphatic rings. The molecule has 2 fully saturated rings. The zero-order valence-corrected chi connectivity index (χ0v) is 9.94. The van der Waals surface area contributed by atoms with Crippen molar-refractivity contribution in [3.63, 3.8) is 0 Å². The van der Waals surface area contributed by atoms with Crippen LogP contribution in [0, 0.1) is 0 Å². The summed E-state index contributed by atoms with van der Waals surface area (Å²) >= 11 is 0. The molecule has 3 atom stereocenters. The summed E-state index contributed by atoms with van der Waals surface area (Å²) in [5.41, 5.74) is 1.25. The summed E-state index contributed by atoms with van der Waals surface area (Å²) < 4.78 is 8.54. The smallest absolute Gasteiger partial charge is 0.112 e. The quantitative estimate of drug-likeness (QED) is 0.676. The lowest BCUT2D eigenvalue weighted by Crippen LogP contribution is -2.36. The standard InChI is InChI=1S/C12H16NOP/c1-12(10-6-3-2-4-7-10)11-8-5-9-13(11)15-14-12/h2-4,6-7,11,15H,5,8-9H2,1H3. The second kappa shape index (κ2) is 3.55. The Balaban J connectivity index is 1.97. The molecule has 0 spiro atoms. The van der Waals surface area contributed by atoms with Gasteiger partial charge in [0, 0.05) is 12.6 Å². The molecule has 0 bridgehead atoms. The Labute approximate surface area is 92.5 Å². The Morgan fingerprint density at radius 1 is 1.40 bits per heavy atom. The van der Waals surface area contributed by atoms with Gasteiger partial charge in [0.2, 0.25) is 0 Å². The Hall–Kier alpha value is -0.430. The lowest BCUT2D eigenvalue weighted by Gasteiger charge is -2.29. The highest BCUT2D eigenvalue weighted by Crippen LogP contribution is 2.52. The molecule has 2 heterocycles. The fraction of sp³-hybridized carbons (Fsp3) is 0.500. The number of rotatable bonds is 1. The van der Waals surface area contributed by atoms with Gasteiger partial charge in [-0.05, 0) is 25.3 Å². The van der Waals surface area contributed by atoms with Crippen LogP contribution in [0.4, 0.5) is 0 Å². The minimum absolute atomic E-state index is 0.0732. The van der Waals surface area contributed by atoms with Crippen molar-refractivity contribution in [2.24, 2.45) is 0 Å². The van der Waals surface area contributed by atoms with Crippen molar-refractivity contribution in [3.8, 4) is 0 Å². The highest BCUT2D eigenvalue weighted by atomic mass is 31.1. The molecule has 3 unspecified atom stereocenters. The van der Waals surface area contributed by atoms with Crippen LogP contribution in [-0.2, 0) is 10.1 Å². The van der Waals surface area contributed by atoms with E-state index in [1.807, 2.05) is 0 Å². The summed E-state index contributed by atoms with van der Waals surface area (Å²) in [6.07, 6.45) is 2.60. The highest BCUT2D eigenvalue weighted by Gasteiger charge is 2.48. The Bertz CT molecular complexity index is 356. The lowest BCUT2D eigenvalue weighted by atomic mass is 9.87. The summed E-state index contributed by atoms with van der Waals surface area (Å²) in [5.74, 6) is 0. The molecule has 80 valence electrons. The largest absolute Gasteiger partial charge is 0.334 e. The second-order valence-corrected chi connectivity index (χ2v) is 5.48. The maximum Gasteiger partial charge on any atom is 0.112 e. The number of nitrogens with zero attached hydrogens (tertiary/aromatic N) is 1. The zero-order valence-electron chi connectivity index (χ0n) is 8.94. The summed E-state index contributed by atoms with van der Waals surface area (Å²) in [7, 11) is 0.553. The monoisotopic (exact) mass is 221 g/mol. The van der Waals surface area contributed by atoms with Crippen LogP contribution in [-0.4, -0.2) is 17.3 Å². The van der Waals surface area contributed by atoms with Crippen LogP contribution in [0.2, 0.25) is 0 Å². The molecular formula is C12H16NOP. The summed E-state index contributed by atoms with van der Waals surface area (Å²) in [6, 6.07) is 11.2. The third kappa shape index (κ3) is 1.44. The van der Waals surface area contributed by atoms with Gasteiger partial charge in [0.15, 0.2) is 0 Å². The zero-order chi connectivity index (χ0) is 10.3. The van der Waals surface area contributed by atoms with Gasteiger partial charge in [0.25, 0.3) is 0 Å². The van der Waals surface area contributed by atoms with Crippen LogP contribution in [0.15, 0.2) is 30.3 Å². The van der Waals surface area contributed by atoms with Gasteiger partial charge in [-0.1, -0.05) is 30.3 Å². The molecule has 0 radical (unpaired) electrons. The molecule has 2 aliphatic heterocycles. The number of hydrogen-bond donors (Lipinski definition) is 0. The van der Waals surface area contributed by atoms with Crippen LogP contribution in [0.5, 0.6) is 0 Å². The van der Waals surface area contributed by atoms with Crippen molar-refractivity contribution in [1.82, 2.24) is 4.67 Å². The average Bonchev–Trinajstić information content (AvgIpc) is 2.85. The van der Waals surface area contributed by atoms with E-state index in [2.05, 4.69) is 41.9 Å². The number of fused-ring (bicyclic) bond motifs is 1. The van der Waals surface area contributed by atoms with Crippen molar-refractivity contribution in [1.29, 1.82) is 0 Å². The summed E-state index contributed by atoms with van der Waals surface area (Å²) in [4.78, 5) is 0. The minimum Gasteiger partial charge on any atom is -0.334 e. The summed E-state index contributed by atoms with van der Waals surface area (Å²) in [6.45, 7) is 3.46. The second-order valence-electron chi connectivity index (χ2n) is 4.52. The third-order valence-electron chi connectivity index (χ3n) is 3.61. The SMILES string of the molecule is CC1(c2ccccc2)OPN2CCCC21. The topological polar surface area (TPSA) is 12.5 Å². The van der Waals surface area contributed by atoms with E-state index in [0.717, 1.165) is 0 Å². The molecule has 15 heavy (non-hydrogen) atoms. The molecule has 0 saturated carbocycles. The third-order valence-corrected chi connectivity index (χ3v) is 4.90. The number of hydrogen-bond acceptors (Lipinski definition) is 2. The number of benzene rings is 1. The van der Waals surface area contributed by atoms with E-state index >= 15 is 0 Å². The van der Waals surface area contributed by atoms with E-state index in [9.17, 15) is 0 Å². The van der Waals surface area contributed by atoms with Crippen LogP contribution < -0.4 is 0 Å². The molecule has 1 aromatic rings. The molecule has 2 saturated heterocycles. The first kappa shape index (κ1) is 9.77. The van der Waals surface area contributed by atoms with Gasteiger partial charge in [0.1, 0.15) is 5.60 Å². The Morgan fingerprint density at radius 2 is 2.20 bits per heavy atom. The lowest BCUT2D eigenvalue weighted by molar-refractivity contribution is 0.0904. The van der Waals surface area contributed by atoms with E-state index in [0.29, 0.717) is 15.0 Å². The molecule has 3 heteroatoms. The molecule has 1 aromatic carbocycles. The van der Waals surface area contributed by atoms with Crippen molar-refractivity contribution in [2.75, 3.05) is 6.54 Å². The molecule has 0 aromatic heterocycles. The molecule has 0 N–H and O–H groups in total. The molecular weight excluding hydrogens is 205 g/mol. The predicted molar refractivity (Wildman–Crippen MR) is 62.9 cm³/mol. The van der Waals surface area contributed by atoms with Crippen LogP contribution >= 0.6 is 8.96 Å². The predicted octanol–water partition coefficient (Wildman–Crippen LogP) is 2.90. The Kier molecular flexibility index (Phi) is 2.31. The van der Waals surface area contributed by atoms with Gasteiger partial charge in [-0.2, -0.15) is 0 Å². The van der Waals surface area contributed by atoms with E-state index in [4.69, 9.17) is 4.52 Å². The van der Waals surface area contributed by atoms with E-state index < -0.39 is 0 Å². The molecule has 0 aliphatic carbocycles. The molecule has 3 rings (SSSR count). The van der Waals surface area contributed by atoms with Gasteiger partial charge in [-0.15, -0.1) is 0 Å². The maximum absolute atomic E-state index is 6.05. The van der Waals surface area contributed by atoms with Crippen molar-refractivity contribution < 1.29 is 4.52 Å². The first-order valence-electron chi connectivity index (χ1n) is 5.56. The molecule has 2 nitrogen and oxygen atoms in total. The van der Waals surface area contributed by atoms with Crippen molar-refractivity contribution >= 4 is 8.96 Å². The van der Waals surface area contributed by atoms with Gasteiger partial charge in [-0.3, -0.25) is 4.67 Å². The maximum atomic E-state index is 6.05. The Morgan fingerprint density at radius 3 is 3.00 bits per heavy atom. The van der Waals surface area contributed by atoms with Gasteiger partial charge in [0.05, 0.1) is 8.96 Å². The fourth-order valence-corrected chi connectivity index (χ4v) is 4.00. The van der Waals surface area contributed by atoms with E-state index in [1.54, 1.807) is 0 Å². The summed E-state index contributed by atoms with van der Waals surface area (Å²) in [5, 5.41) is 0. The van der Waals surface area contributed by atoms with Crippen LogP contribution in [0.25, 0.3) is 0 Å². The van der Waals surface area contributed by atoms with E-state index in [1.165, 1.54) is 24.9 Å². The molecule has 0 amide bonds. The minimum atomic E-state index is -0.0732. The average molecular weight is 221 g/mol. The van der Waals surface area contributed by atoms with Crippen LogP contribution in [0.1, 0.15) is 25.3 Å². The van der Waals surface area contributed by atoms with Crippen molar-refractivity contribution in [3.05, 3.63) is 35.9 Å². The highest BCUT2D eigenvalue weighted by molar-refractivity contribution is 7.29. The van der Waals surface area contributed by atoms with E-state index in [-0.39, 0.29) is 5.60 Å². The normalized spacial score (nSPS) is 37.3. The first-order chi connectivity index (χ1) is 7.31. The fourth-order valence-electron chi connectivity index (χ4n) is 2.69. The van der Waals surface area contributed by atoms with Crippen LogP contribution in [0.3, 0.4) is 0 Å². The van der Waals surface area contributed by atoms with Gasteiger partial charge >= 0.3 is 0 Å². The van der Waals surface area contributed by atoms with Gasteiger partial charge < -0.3 is 4.52 Å².